The SMILES string of the molecule is COc1ncnc(C2CC2)c1-c1nn(C)c2c1CN(c1ccc(-c3nc(C(F)(F)F)cn3C)cn1)C(=O)OC2. The first kappa shape index (κ1) is 24.8. The Morgan fingerprint density at radius 2 is 1.92 bits per heavy atom. The van der Waals surface area contributed by atoms with Crippen molar-refractivity contribution in [2.75, 3.05) is 12.0 Å². The highest BCUT2D eigenvalue weighted by molar-refractivity contribution is 5.88. The molecule has 39 heavy (non-hydrogen) atoms. The molecule has 1 amide bonds. The molecule has 6 rings (SSSR count). The van der Waals surface area contributed by atoms with Gasteiger partial charge < -0.3 is 14.0 Å². The van der Waals surface area contributed by atoms with Crippen LogP contribution in [0.2, 0.25) is 0 Å². The minimum absolute atomic E-state index is 0.00545. The Balaban J connectivity index is 1.38. The first-order valence-corrected chi connectivity index (χ1v) is 12.1. The summed E-state index contributed by atoms with van der Waals surface area (Å²) in [4.78, 5) is 31.3. The number of hydrogen-bond acceptors (Lipinski definition) is 8. The second kappa shape index (κ2) is 9.06. The van der Waals surface area contributed by atoms with Crippen molar-refractivity contribution in [2.45, 2.75) is 38.1 Å². The van der Waals surface area contributed by atoms with Crippen molar-refractivity contribution in [3.05, 3.63) is 53.5 Å². The molecule has 1 aliphatic carbocycles. The molecule has 5 heterocycles. The van der Waals surface area contributed by atoms with E-state index in [1.807, 2.05) is 0 Å². The molecule has 1 fully saturated rings. The number of methoxy groups -OCH3 is 1. The smallest absolute Gasteiger partial charge is 0.434 e. The van der Waals surface area contributed by atoms with Gasteiger partial charge in [0, 0.05) is 43.5 Å². The van der Waals surface area contributed by atoms with E-state index in [2.05, 4.69) is 19.9 Å². The van der Waals surface area contributed by atoms with Crippen LogP contribution in [0.4, 0.5) is 23.8 Å². The lowest BCUT2D eigenvalue weighted by Gasteiger charge is -2.19. The van der Waals surface area contributed by atoms with Crippen molar-refractivity contribution in [3.8, 4) is 28.5 Å². The first-order valence-electron chi connectivity index (χ1n) is 12.1. The Labute approximate surface area is 220 Å². The fraction of sp³-hybridized carbons (Fsp3) is 0.360. The summed E-state index contributed by atoms with van der Waals surface area (Å²) in [6.07, 6.45) is 0.594. The maximum absolute atomic E-state index is 13.1. The maximum atomic E-state index is 13.1. The van der Waals surface area contributed by atoms with Gasteiger partial charge in [-0.3, -0.25) is 9.58 Å². The number of carbonyl (C=O) groups excluding carboxylic acids is 1. The standard InChI is InChI=1S/C25H23F3N8O3/c1-34-10-17(25(26,27)28)32-22(34)14-6-7-18(29-8-14)36-9-15-16(11-39-24(36)37)35(2)33-21(15)19-20(13-4-5-13)30-12-31-23(19)38-3/h6-8,10,12-13H,4-5,9,11H2,1-3H3. The zero-order valence-electron chi connectivity index (χ0n) is 21.2. The molecule has 0 aromatic carbocycles. The zero-order valence-corrected chi connectivity index (χ0v) is 21.2. The Bertz CT molecular complexity index is 1570. The lowest BCUT2D eigenvalue weighted by atomic mass is 10.0. The third-order valence-electron chi connectivity index (χ3n) is 6.83. The minimum atomic E-state index is -4.57. The molecule has 4 aromatic heterocycles. The van der Waals surface area contributed by atoms with Gasteiger partial charge in [0.1, 0.15) is 30.3 Å². The van der Waals surface area contributed by atoms with E-state index in [0.29, 0.717) is 28.4 Å². The Hall–Kier alpha value is -4.49. The quantitative estimate of drug-likeness (QED) is 0.370. The molecule has 0 radical (unpaired) electrons. The van der Waals surface area contributed by atoms with Gasteiger partial charge in [-0.15, -0.1) is 0 Å². The summed E-state index contributed by atoms with van der Waals surface area (Å²) in [6.45, 7) is 0.0843. The predicted molar refractivity (Wildman–Crippen MR) is 131 cm³/mol. The molecule has 1 aliphatic heterocycles. The maximum Gasteiger partial charge on any atom is 0.434 e. The summed E-state index contributed by atoms with van der Waals surface area (Å²) in [6, 6.07) is 3.11. The van der Waals surface area contributed by atoms with E-state index in [0.717, 1.165) is 30.3 Å². The number of carbonyl (C=O) groups is 1. The number of halogens is 3. The molecule has 0 bridgehead atoms. The Morgan fingerprint density at radius 1 is 1.13 bits per heavy atom. The number of imidazole rings is 1. The molecule has 0 N–H and O–H groups in total. The predicted octanol–water partition coefficient (Wildman–Crippen LogP) is 4.23. The summed E-state index contributed by atoms with van der Waals surface area (Å²) in [5.74, 6) is 1.04. The molecule has 0 spiro atoms. The van der Waals surface area contributed by atoms with E-state index in [4.69, 9.17) is 14.6 Å². The zero-order chi connectivity index (χ0) is 27.5. The van der Waals surface area contributed by atoms with Crippen LogP contribution >= 0.6 is 0 Å². The number of hydrogen-bond donors (Lipinski definition) is 0. The van der Waals surface area contributed by atoms with E-state index in [-0.39, 0.29) is 30.7 Å². The second-order valence-electron chi connectivity index (χ2n) is 9.42. The van der Waals surface area contributed by atoms with Crippen LogP contribution in [0.25, 0.3) is 22.6 Å². The second-order valence-corrected chi connectivity index (χ2v) is 9.42. The van der Waals surface area contributed by atoms with Crippen LogP contribution in [0.3, 0.4) is 0 Å². The van der Waals surface area contributed by atoms with Crippen molar-refractivity contribution >= 4 is 11.9 Å². The van der Waals surface area contributed by atoms with Crippen molar-refractivity contribution in [1.82, 2.24) is 34.3 Å². The molecule has 2 aliphatic rings. The monoisotopic (exact) mass is 540 g/mol. The van der Waals surface area contributed by atoms with E-state index in [1.165, 1.54) is 36.1 Å². The Kier molecular flexibility index (Phi) is 5.77. The number of fused-ring (bicyclic) bond motifs is 1. The number of rotatable bonds is 5. The lowest BCUT2D eigenvalue weighted by molar-refractivity contribution is -0.140. The normalized spacial score (nSPS) is 15.6. The molecule has 0 atom stereocenters. The van der Waals surface area contributed by atoms with Gasteiger partial charge in [-0.05, 0) is 25.0 Å². The highest BCUT2D eigenvalue weighted by Crippen LogP contribution is 2.46. The molecule has 14 heteroatoms. The van der Waals surface area contributed by atoms with Crippen LogP contribution in [-0.4, -0.2) is 47.5 Å². The van der Waals surface area contributed by atoms with Crippen LogP contribution in [0, 0.1) is 0 Å². The number of aryl methyl sites for hydroxylation is 2. The molecule has 11 nitrogen and oxygen atoms in total. The topological polar surface area (TPSA) is 113 Å². The summed E-state index contributed by atoms with van der Waals surface area (Å²) in [5, 5.41) is 4.74. The van der Waals surface area contributed by atoms with Gasteiger partial charge in [0.2, 0.25) is 5.88 Å². The summed E-state index contributed by atoms with van der Waals surface area (Å²) in [7, 11) is 4.78. The lowest BCUT2D eigenvalue weighted by Crippen LogP contribution is -2.30. The summed E-state index contributed by atoms with van der Waals surface area (Å²) >= 11 is 0. The molecule has 202 valence electrons. The third kappa shape index (κ3) is 4.34. The van der Waals surface area contributed by atoms with Gasteiger partial charge in [0.15, 0.2) is 5.69 Å². The number of aromatic nitrogens is 7. The number of amides is 1. The summed E-state index contributed by atoms with van der Waals surface area (Å²) in [5.41, 5.74) is 2.94. The molecular weight excluding hydrogens is 517 g/mol. The number of pyridine rings is 1. The number of alkyl halides is 3. The highest BCUT2D eigenvalue weighted by Gasteiger charge is 2.36. The van der Waals surface area contributed by atoms with E-state index < -0.39 is 18.0 Å². The van der Waals surface area contributed by atoms with Crippen LogP contribution in [0.1, 0.15) is 41.4 Å². The number of ether oxygens (including phenoxy) is 2. The van der Waals surface area contributed by atoms with Crippen molar-refractivity contribution in [2.24, 2.45) is 14.1 Å². The molecular formula is C25H23F3N8O3. The fourth-order valence-corrected chi connectivity index (χ4v) is 4.73. The highest BCUT2D eigenvalue weighted by atomic mass is 19.4. The first-order chi connectivity index (χ1) is 18.7. The molecule has 4 aromatic rings. The van der Waals surface area contributed by atoms with E-state index in [1.54, 1.807) is 23.9 Å². The van der Waals surface area contributed by atoms with Crippen LogP contribution in [0.15, 0.2) is 30.9 Å². The number of anilines is 1. The van der Waals surface area contributed by atoms with Crippen molar-refractivity contribution in [1.29, 1.82) is 0 Å². The molecule has 0 unspecified atom stereocenters. The average molecular weight is 541 g/mol. The van der Waals surface area contributed by atoms with Crippen molar-refractivity contribution in [3.63, 3.8) is 0 Å². The van der Waals surface area contributed by atoms with Gasteiger partial charge in [0.05, 0.1) is 30.6 Å². The number of nitrogens with zero attached hydrogens (tertiary/aromatic N) is 8. The Morgan fingerprint density at radius 3 is 2.56 bits per heavy atom. The fourth-order valence-electron chi connectivity index (χ4n) is 4.73. The largest absolute Gasteiger partial charge is 0.480 e. The minimum Gasteiger partial charge on any atom is -0.480 e. The van der Waals surface area contributed by atoms with Gasteiger partial charge in [0.25, 0.3) is 0 Å². The third-order valence-corrected chi connectivity index (χ3v) is 6.83. The molecule has 0 saturated heterocycles. The summed E-state index contributed by atoms with van der Waals surface area (Å²) < 4.78 is 53.4. The van der Waals surface area contributed by atoms with E-state index >= 15 is 0 Å². The van der Waals surface area contributed by atoms with Gasteiger partial charge >= 0.3 is 12.3 Å². The van der Waals surface area contributed by atoms with Crippen LogP contribution in [0.5, 0.6) is 5.88 Å². The van der Waals surface area contributed by atoms with Crippen molar-refractivity contribution < 1.29 is 27.4 Å². The van der Waals surface area contributed by atoms with Gasteiger partial charge in [-0.2, -0.15) is 18.3 Å². The van der Waals surface area contributed by atoms with Crippen LogP contribution in [-0.2, 0) is 38.2 Å². The van der Waals surface area contributed by atoms with Crippen LogP contribution < -0.4 is 9.64 Å². The number of cyclic esters (lactones) is 1. The van der Waals surface area contributed by atoms with Gasteiger partial charge in [-0.1, -0.05) is 0 Å². The molecule has 1 saturated carbocycles. The van der Waals surface area contributed by atoms with E-state index in [9.17, 15) is 18.0 Å². The average Bonchev–Trinajstić information content (AvgIpc) is 3.64. The van der Waals surface area contributed by atoms with Gasteiger partial charge in [-0.25, -0.2) is 24.7 Å².